The van der Waals surface area contributed by atoms with Crippen molar-refractivity contribution in [3.63, 3.8) is 0 Å². The molecule has 31 heavy (non-hydrogen) atoms. The average Bonchev–Trinajstić information content (AvgIpc) is 2.90. The third-order valence-electron chi connectivity index (χ3n) is 9.44. The molecule has 5 nitrogen and oxygen atoms in total. The molecule has 0 aromatic carbocycles. The molecule has 0 amide bonds. The zero-order valence-electron chi connectivity index (χ0n) is 19.6. The molecule has 3 saturated carbocycles. The highest BCUT2D eigenvalue weighted by Crippen LogP contribution is 2.69. The summed E-state index contributed by atoms with van der Waals surface area (Å²) in [5, 5.41) is 11.6. The van der Waals surface area contributed by atoms with Crippen LogP contribution in [0.1, 0.15) is 67.2 Å². The van der Waals surface area contributed by atoms with Gasteiger partial charge in [-0.1, -0.05) is 46.3 Å². The topological polar surface area (TPSA) is 80.7 Å². The predicted octanol–water partition coefficient (Wildman–Crippen LogP) is 4.04. The fourth-order valence-electron chi connectivity index (χ4n) is 8.36. The van der Waals surface area contributed by atoms with E-state index in [0.29, 0.717) is 6.42 Å². The number of Topliss-reactive ketones (excluding diaryl/α,β-unsaturated/α-hetero) is 1. The van der Waals surface area contributed by atoms with Gasteiger partial charge >= 0.3 is 5.97 Å². The SMILES string of the molecule is CCC(=O)O[C@]1(C(C)=O)[C@@H](C)C[C@H]2[C@@H]3C[C@H](C)C4=CC(=O)C=C[C@]4(C)[C@H]3[C@@H](O)C[C@@]21C. The molecule has 0 radical (unpaired) electrons. The zero-order chi connectivity index (χ0) is 22.9. The van der Waals surface area contributed by atoms with Crippen molar-refractivity contribution >= 4 is 17.5 Å². The number of aliphatic hydroxyl groups is 1. The second-order valence-corrected chi connectivity index (χ2v) is 11.0. The van der Waals surface area contributed by atoms with Crippen LogP contribution in [-0.2, 0) is 19.1 Å². The molecule has 4 rings (SSSR count). The van der Waals surface area contributed by atoms with Crippen molar-refractivity contribution in [1.29, 1.82) is 0 Å². The summed E-state index contributed by atoms with van der Waals surface area (Å²) in [4.78, 5) is 37.7. The molecule has 0 aromatic rings. The Hall–Kier alpha value is -1.75. The number of hydrogen-bond donors (Lipinski definition) is 1. The van der Waals surface area contributed by atoms with E-state index in [-0.39, 0.29) is 59.0 Å². The van der Waals surface area contributed by atoms with Crippen LogP contribution in [0.4, 0.5) is 0 Å². The van der Waals surface area contributed by atoms with Crippen molar-refractivity contribution in [2.75, 3.05) is 0 Å². The molecule has 0 aliphatic heterocycles. The first-order valence-corrected chi connectivity index (χ1v) is 11.8. The first-order valence-electron chi connectivity index (χ1n) is 11.8. The zero-order valence-corrected chi connectivity index (χ0v) is 19.6. The summed E-state index contributed by atoms with van der Waals surface area (Å²) in [7, 11) is 0. The number of allylic oxidation sites excluding steroid dienone is 4. The molecule has 4 aliphatic carbocycles. The van der Waals surface area contributed by atoms with Gasteiger partial charge in [0.25, 0.3) is 0 Å². The largest absolute Gasteiger partial charge is 0.450 e. The molecular weight excluding hydrogens is 392 g/mol. The van der Waals surface area contributed by atoms with Crippen LogP contribution in [0, 0.1) is 40.4 Å². The second-order valence-electron chi connectivity index (χ2n) is 11.0. The molecule has 170 valence electrons. The average molecular weight is 429 g/mol. The molecule has 0 heterocycles. The maximum Gasteiger partial charge on any atom is 0.306 e. The highest BCUT2D eigenvalue weighted by molar-refractivity contribution is 6.01. The van der Waals surface area contributed by atoms with Crippen molar-refractivity contribution in [3.05, 3.63) is 23.8 Å². The van der Waals surface area contributed by atoms with E-state index in [2.05, 4.69) is 20.8 Å². The van der Waals surface area contributed by atoms with Gasteiger partial charge in [-0.3, -0.25) is 14.4 Å². The smallest absolute Gasteiger partial charge is 0.306 e. The first kappa shape index (κ1) is 22.4. The number of aliphatic hydroxyl groups excluding tert-OH is 1. The molecule has 3 fully saturated rings. The molecule has 0 unspecified atom stereocenters. The van der Waals surface area contributed by atoms with Gasteiger partial charge in [-0.05, 0) is 56.1 Å². The van der Waals surface area contributed by atoms with Crippen LogP contribution in [-0.4, -0.2) is 34.3 Å². The highest BCUT2D eigenvalue weighted by Gasteiger charge is 2.72. The summed E-state index contributed by atoms with van der Waals surface area (Å²) >= 11 is 0. The van der Waals surface area contributed by atoms with E-state index in [0.717, 1.165) is 18.4 Å². The van der Waals surface area contributed by atoms with Gasteiger partial charge < -0.3 is 9.84 Å². The summed E-state index contributed by atoms with van der Waals surface area (Å²) in [6.07, 6.45) is 7.06. The van der Waals surface area contributed by atoms with Crippen LogP contribution in [0.2, 0.25) is 0 Å². The lowest BCUT2D eigenvalue weighted by Crippen LogP contribution is -2.63. The highest BCUT2D eigenvalue weighted by atomic mass is 16.6. The van der Waals surface area contributed by atoms with Crippen LogP contribution < -0.4 is 0 Å². The Morgan fingerprint density at radius 1 is 1.23 bits per heavy atom. The molecule has 1 N–H and O–H groups in total. The molecule has 5 heteroatoms. The number of ether oxygens (including phenoxy) is 1. The Morgan fingerprint density at radius 2 is 1.90 bits per heavy atom. The molecule has 9 atom stereocenters. The van der Waals surface area contributed by atoms with Crippen molar-refractivity contribution in [3.8, 4) is 0 Å². The van der Waals surface area contributed by atoms with E-state index in [1.54, 1.807) is 19.1 Å². The Morgan fingerprint density at radius 3 is 2.52 bits per heavy atom. The van der Waals surface area contributed by atoms with Crippen LogP contribution in [0.15, 0.2) is 23.8 Å². The van der Waals surface area contributed by atoms with Crippen LogP contribution >= 0.6 is 0 Å². The number of carbonyl (C=O) groups is 3. The van der Waals surface area contributed by atoms with Crippen molar-refractivity contribution in [1.82, 2.24) is 0 Å². The summed E-state index contributed by atoms with van der Waals surface area (Å²) in [5.41, 5.74) is -1.07. The number of carbonyl (C=O) groups excluding carboxylic acids is 3. The maximum atomic E-state index is 13.1. The van der Waals surface area contributed by atoms with Gasteiger partial charge in [0, 0.05) is 29.1 Å². The molecule has 4 aliphatic rings. The van der Waals surface area contributed by atoms with Gasteiger partial charge in [0.15, 0.2) is 17.2 Å². The number of rotatable bonds is 3. The number of ketones is 2. The van der Waals surface area contributed by atoms with Crippen LogP contribution in [0.5, 0.6) is 0 Å². The Bertz CT molecular complexity index is 886. The Labute approximate surface area is 185 Å². The summed E-state index contributed by atoms with van der Waals surface area (Å²) in [6.45, 7) is 11.7. The van der Waals surface area contributed by atoms with E-state index in [4.69, 9.17) is 4.74 Å². The quantitative estimate of drug-likeness (QED) is 0.686. The third-order valence-corrected chi connectivity index (χ3v) is 9.44. The fraction of sp³-hybridized carbons (Fsp3) is 0.731. The van der Waals surface area contributed by atoms with Gasteiger partial charge in [0.05, 0.1) is 6.10 Å². The minimum atomic E-state index is -1.20. The lowest BCUT2D eigenvalue weighted by Gasteiger charge is -2.61. The van der Waals surface area contributed by atoms with Crippen LogP contribution in [0.25, 0.3) is 0 Å². The summed E-state index contributed by atoms with van der Waals surface area (Å²) in [6, 6.07) is 0. The summed E-state index contributed by atoms with van der Waals surface area (Å²) in [5.74, 6) is -0.0111. The van der Waals surface area contributed by atoms with Crippen molar-refractivity contribution in [2.24, 2.45) is 40.4 Å². The Balaban J connectivity index is 1.82. The molecular formula is C26H36O5. The van der Waals surface area contributed by atoms with E-state index in [1.165, 1.54) is 6.92 Å². The lowest BCUT2D eigenvalue weighted by atomic mass is 9.44. The first-order chi connectivity index (χ1) is 14.4. The minimum Gasteiger partial charge on any atom is -0.450 e. The van der Waals surface area contributed by atoms with Crippen molar-refractivity contribution in [2.45, 2.75) is 78.9 Å². The number of esters is 1. The van der Waals surface area contributed by atoms with Gasteiger partial charge in [0.2, 0.25) is 0 Å². The molecule has 0 spiro atoms. The predicted molar refractivity (Wildman–Crippen MR) is 117 cm³/mol. The monoisotopic (exact) mass is 428 g/mol. The van der Waals surface area contributed by atoms with Gasteiger partial charge in [-0.25, -0.2) is 0 Å². The lowest BCUT2D eigenvalue weighted by molar-refractivity contribution is -0.203. The van der Waals surface area contributed by atoms with Crippen molar-refractivity contribution < 1.29 is 24.2 Å². The minimum absolute atomic E-state index is 0.0180. The molecule has 0 aromatic heterocycles. The Kier molecular flexibility index (Phi) is 5.16. The van der Waals surface area contributed by atoms with Gasteiger partial charge in [0.1, 0.15) is 0 Å². The van der Waals surface area contributed by atoms with E-state index in [1.807, 2.05) is 13.0 Å². The number of hydrogen-bond acceptors (Lipinski definition) is 5. The van der Waals surface area contributed by atoms with Crippen LogP contribution in [0.3, 0.4) is 0 Å². The normalized spacial score (nSPS) is 48.4. The fourth-order valence-corrected chi connectivity index (χ4v) is 8.36. The third kappa shape index (κ3) is 2.81. The van der Waals surface area contributed by atoms with E-state index >= 15 is 0 Å². The molecule has 0 saturated heterocycles. The maximum absolute atomic E-state index is 13.1. The number of fused-ring (bicyclic) bond motifs is 5. The van der Waals surface area contributed by atoms with Gasteiger partial charge in [-0.2, -0.15) is 0 Å². The summed E-state index contributed by atoms with van der Waals surface area (Å²) < 4.78 is 6.03. The standard InChI is InChI=1S/C26H36O5/c1-7-22(30)31-26(16(4)27)15(3)11-20-18-10-14(2)19-12-17(28)8-9-24(19,5)23(18)21(29)13-25(20,26)6/h8-9,12,14-15,18,20-21,23,29H,7,10-11,13H2,1-6H3/t14-,15-,18-,20-,21-,23+,24-,25-,26-/m0/s1. The second kappa shape index (κ2) is 7.13. The van der Waals surface area contributed by atoms with E-state index in [9.17, 15) is 19.5 Å². The molecule has 0 bridgehead atoms. The van der Waals surface area contributed by atoms with E-state index < -0.39 is 17.1 Å². The van der Waals surface area contributed by atoms with Gasteiger partial charge in [-0.15, -0.1) is 0 Å².